The molecule has 2 rings (SSSR count). The molecule has 0 aliphatic heterocycles. The Morgan fingerprint density at radius 2 is 1.97 bits per heavy atom. The number of guanidine groups is 1. The van der Waals surface area contributed by atoms with Gasteiger partial charge in [0.2, 0.25) is 0 Å². The lowest BCUT2D eigenvalue weighted by Crippen LogP contribution is -2.38. The van der Waals surface area contributed by atoms with Gasteiger partial charge in [0.15, 0.2) is 15.8 Å². The Bertz CT molecular complexity index is 946. The summed E-state index contributed by atoms with van der Waals surface area (Å²) in [5.41, 5.74) is 2.19. The molecule has 0 fully saturated rings. The van der Waals surface area contributed by atoms with Gasteiger partial charge in [-0.25, -0.2) is 22.8 Å². The minimum Gasteiger partial charge on any atom is -0.357 e. The summed E-state index contributed by atoms with van der Waals surface area (Å²) in [6.45, 7) is 7.53. The van der Waals surface area contributed by atoms with Crippen LogP contribution < -0.4 is 10.6 Å². The number of halogens is 2. The summed E-state index contributed by atoms with van der Waals surface area (Å²) in [6.07, 6.45) is 2.00. The van der Waals surface area contributed by atoms with Gasteiger partial charge in [0, 0.05) is 30.6 Å². The Labute approximate surface area is 193 Å². The van der Waals surface area contributed by atoms with E-state index in [2.05, 4.69) is 20.6 Å². The molecule has 2 N–H and O–H groups in total. The van der Waals surface area contributed by atoms with Crippen LogP contribution in [0.3, 0.4) is 0 Å². The van der Waals surface area contributed by atoms with Crippen molar-refractivity contribution in [2.24, 2.45) is 4.99 Å². The molecular formula is C19H28FIN4O2S2. The average Bonchev–Trinajstić information content (AvgIpc) is 2.91. The van der Waals surface area contributed by atoms with Crippen LogP contribution in [-0.4, -0.2) is 38.7 Å². The van der Waals surface area contributed by atoms with Crippen molar-refractivity contribution in [2.75, 3.05) is 19.3 Å². The van der Waals surface area contributed by atoms with Gasteiger partial charge in [0.1, 0.15) is 5.82 Å². The third-order valence-electron chi connectivity index (χ3n) is 3.98. The van der Waals surface area contributed by atoms with Gasteiger partial charge in [0.05, 0.1) is 23.0 Å². The number of rotatable bonds is 8. The molecular weight excluding hydrogens is 526 g/mol. The highest BCUT2D eigenvalue weighted by Gasteiger charge is 2.11. The lowest BCUT2D eigenvalue weighted by Gasteiger charge is -2.12. The van der Waals surface area contributed by atoms with E-state index >= 15 is 0 Å². The molecule has 29 heavy (non-hydrogen) atoms. The van der Waals surface area contributed by atoms with E-state index in [0.717, 1.165) is 23.4 Å². The van der Waals surface area contributed by atoms with Crippen LogP contribution >= 0.6 is 35.3 Å². The number of nitrogens with zero attached hydrogens (tertiary/aromatic N) is 2. The van der Waals surface area contributed by atoms with Crippen LogP contribution in [0.5, 0.6) is 0 Å². The fraction of sp³-hybridized carbons (Fsp3) is 0.474. The zero-order valence-electron chi connectivity index (χ0n) is 17.1. The van der Waals surface area contributed by atoms with Crippen LogP contribution in [0.4, 0.5) is 4.39 Å². The van der Waals surface area contributed by atoms with Crippen molar-refractivity contribution in [3.63, 3.8) is 0 Å². The van der Waals surface area contributed by atoms with E-state index in [1.165, 1.54) is 23.1 Å². The number of hydrogen-bond donors (Lipinski definition) is 2. The molecule has 6 nitrogen and oxygen atoms in total. The second-order valence-electron chi connectivity index (χ2n) is 6.60. The second kappa shape index (κ2) is 11.8. The molecule has 1 aromatic heterocycles. The van der Waals surface area contributed by atoms with E-state index < -0.39 is 15.7 Å². The van der Waals surface area contributed by atoms with E-state index in [0.29, 0.717) is 30.2 Å². The summed E-state index contributed by atoms with van der Waals surface area (Å²) in [4.78, 5) is 10.2. The Morgan fingerprint density at radius 1 is 1.24 bits per heavy atom. The maximum atomic E-state index is 13.6. The molecule has 2 aromatic rings. The molecule has 0 spiro atoms. The third kappa shape index (κ3) is 8.95. The summed E-state index contributed by atoms with van der Waals surface area (Å²) in [5, 5.41) is 7.47. The largest absolute Gasteiger partial charge is 0.357 e. The Hall–Kier alpha value is -1.27. The molecule has 0 aliphatic carbocycles. The molecule has 0 atom stereocenters. The number of aromatic nitrogens is 1. The monoisotopic (exact) mass is 554 g/mol. The number of aryl methyl sites for hydroxylation is 2. The number of hydrogen-bond acceptors (Lipinski definition) is 5. The standard InChI is InChI=1S/C19H27FN4O2S2.HI/c1-5-21-19(22-9-8-18-13(2)24-14(3)27-18)23-11-16-10-17(20)7-6-15(16)12-28(4,25)26;/h6-7,10H,5,8-9,11-12H2,1-4H3,(H2,21,22,23);1H. The fourth-order valence-corrected chi connectivity index (χ4v) is 4.55. The van der Waals surface area contributed by atoms with E-state index in [4.69, 9.17) is 0 Å². The van der Waals surface area contributed by atoms with E-state index in [1.807, 2.05) is 20.8 Å². The molecule has 0 bridgehead atoms. The van der Waals surface area contributed by atoms with Crippen molar-refractivity contribution in [1.29, 1.82) is 0 Å². The summed E-state index contributed by atoms with van der Waals surface area (Å²) >= 11 is 1.69. The zero-order chi connectivity index (χ0) is 20.7. The van der Waals surface area contributed by atoms with E-state index in [9.17, 15) is 12.8 Å². The van der Waals surface area contributed by atoms with Crippen LogP contribution in [0, 0.1) is 19.7 Å². The zero-order valence-corrected chi connectivity index (χ0v) is 21.0. The Morgan fingerprint density at radius 3 is 2.55 bits per heavy atom. The minimum absolute atomic E-state index is 0. The first kappa shape index (κ1) is 25.8. The molecule has 0 saturated heterocycles. The van der Waals surface area contributed by atoms with Crippen LogP contribution in [0.1, 0.15) is 33.6 Å². The predicted molar refractivity (Wildman–Crippen MR) is 128 cm³/mol. The van der Waals surface area contributed by atoms with Crippen molar-refractivity contribution in [2.45, 2.75) is 39.5 Å². The maximum Gasteiger partial charge on any atom is 0.191 e. The highest BCUT2D eigenvalue weighted by molar-refractivity contribution is 14.0. The molecule has 0 unspecified atom stereocenters. The van der Waals surface area contributed by atoms with Crippen molar-refractivity contribution in [1.82, 2.24) is 15.6 Å². The highest BCUT2D eigenvalue weighted by atomic mass is 127. The van der Waals surface area contributed by atoms with Crippen LogP contribution in [0.2, 0.25) is 0 Å². The summed E-state index contributed by atoms with van der Waals surface area (Å²) in [5.74, 6) is 0.0685. The minimum atomic E-state index is -3.22. The summed E-state index contributed by atoms with van der Waals surface area (Å²) < 4.78 is 36.9. The van der Waals surface area contributed by atoms with Crippen molar-refractivity contribution >= 4 is 51.1 Å². The van der Waals surface area contributed by atoms with Gasteiger partial charge in [-0.05, 0) is 44.0 Å². The molecule has 162 valence electrons. The lowest BCUT2D eigenvalue weighted by molar-refractivity contribution is 0.600. The number of benzene rings is 1. The van der Waals surface area contributed by atoms with Crippen LogP contribution in [0.15, 0.2) is 23.2 Å². The van der Waals surface area contributed by atoms with Gasteiger partial charge in [0.25, 0.3) is 0 Å². The van der Waals surface area contributed by atoms with Gasteiger partial charge in [-0.3, -0.25) is 0 Å². The van der Waals surface area contributed by atoms with E-state index in [1.54, 1.807) is 11.3 Å². The number of nitrogens with one attached hydrogen (secondary N) is 2. The normalized spacial score (nSPS) is 11.8. The number of thiazole rings is 1. The molecule has 1 aromatic carbocycles. The molecule has 1 heterocycles. The van der Waals surface area contributed by atoms with Crippen LogP contribution in [-0.2, 0) is 28.6 Å². The van der Waals surface area contributed by atoms with Crippen LogP contribution in [0.25, 0.3) is 0 Å². The Kier molecular flexibility index (Phi) is 10.5. The quantitative estimate of drug-likeness (QED) is 0.297. The summed E-state index contributed by atoms with van der Waals surface area (Å²) in [7, 11) is -3.22. The van der Waals surface area contributed by atoms with Gasteiger partial charge in [-0.15, -0.1) is 35.3 Å². The second-order valence-corrected chi connectivity index (χ2v) is 10.0. The summed E-state index contributed by atoms with van der Waals surface area (Å²) in [6, 6.07) is 4.13. The van der Waals surface area contributed by atoms with Gasteiger partial charge in [-0.2, -0.15) is 0 Å². The first-order valence-electron chi connectivity index (χ1n) is 9.08. The molecule has 0 saturated carbocycles. The average molecular weight is 554 g/mol. The van der Waals surface area contributed by atoms with E-state index in [-0.39, 0.29) is 36.3 Å². The van der Waals surface area contributed by atoms with Gasteiger partial charge in [-0.1, -0.05) is 6.07 Å². The topological polar surface area (TPSA) is 83.5 Å². The van der Waals surface area contributed by atoms with Crippen molar-refractivity contribution < 1.29 is 12.8 Å². The first-order valence-corrected chi connectivity index (χ1v) is 12.0. The van der Waals surface area contributed by atoms with Crippen molar-refractivity contribution in [3.8, 4) is 0 Å². The SMILES string of the molecule is CCNC(=NCc1cc(F)ccc1CS(C)(=O)=O)NCCc1sc(C)nc1C.I. The maximum absolute atomic E-state index is 13.6. The molecule has 0 aliphatic rings. The third-order valence-corrected chi connectivity index (χ3v) is 5.95. The molecule has 0 amide bonds. The fourth-order valence-electron chi connectivity index (χ4n) is 2.77. The van der Waals surface area contributed by atoms with Gasteiger partial charge < -0.3 is 10.6 Å². The number of sulfone groups is 1. The first-order chi connectivity index (χ1) is 13.2. The molecule has 10 heteroatoms. The highest BCUT2D eigenvalue weighted by Crippen LogP contribution is 2.17. The Balaban J connectivity index is 0.00000420. The van der Waals surface area contributed by atoms with Gasteiger partial charge >= 0.3 is 0 Å². The molecule has 0 radical (unpaired) electrons. The van der Waals surface area contributed by atoms with Crippen molar-refractivity contribution in [3.05, 3.63) is 50.7 Å². The lowest BCUT2D eigenvalue weighted by atomic mass is 10.1. The predicted octanol–water partition coefficient (Wildman–Crippen LogP) is 3.36. The smallest absolute Gasteiger partial charge is 0.191 e. The number of aliphatic imine (C=N–C) groups is 1.